The molecule has 0 fully saturated rings. The van der Waals surface area contributed by atoms with Crippen molar-refractivity contribution in [2.75, 3.05) is 0 Å². The molecule has 0 aromatic carbocycles. The number of hydrogen-bond donors (Lipinski definition) is 1. The predicted octanol–water partition coefficient (Wildman–Crippen LogP) is 3.92. The second-order valence-electron chi connectivity index (χ2n) is 4.31. The standard InChI is InChI=1S/C11H9F4N3S/c1-4(2)5-3-6-9(18-10(5)19)17-7(8(12)16-6)11(13,14)15/h3-4H,1-2H3,(H,17,18,19). The number of H-pyrrole nitrogens is 1. The molecule has 0 amide bonds. The van der Waals surface area contributed by atoms with Gasteiger partial charge < -0.3 is 4.98 Å². The number of nitrogens with one attached hydrogen (secondary N) is 1. The van der Waals surface area contributed by atoms with E-state index in [1.807, 2.05) is 18.8 Å². The van der Waals surface area contributed by atoms with Crippen molar-refractivity contribution < 1.29 is 17.6 Å². The molecule has 19 heavy (non-hydrogen) atoms. The van der Waals surface area contributed by atoms with Crippen molar-refractivity contribution in [3.63, 3.8) is 0 Å². The lowest BCUT2D eigenvalue weighted by molar-refractivity contribution is -0.144. The summed E-state index contributed by atoms with van der Waals surface area (Å²) in [6, 6.07) is 1.45. The van der Waals surface area contributed by atoms with Crippen LogP contribution in [0.4, 0.5) is 17.6 Å². The van der Waals surface area contributed by atoms with Crippen LogP contribution in [-0.2, 0) is 6.18 Å². The van der Waals surface area contributed by atoms with E-state index >= 15 is 0 Å². The van der Waals surface area contributed by atoms with Gasteiger partial charge in [-0.15, -0.1) is 0 Å². The van der Waals surface area contributed by atoms with Gasteiger partial charge in [-0.05, 0) is 17.5 Å². The summed E-state index contributed by atoms with van der Waals surface area (Å²) in [5.74, 6) is -1.76. The highest BCUT2D eigenvalue weighted by Gasteiger charge is 2.37. The summed E-state index contributed by atoms with van der Waals surface area (Å²) in [5.41, 5.74) is -0.899. The molecule has 0 saturated carbocycles. The summed E-state index contributed by atoms with van der Waals surface area (Å²) in [6.45, 7) is 3.70. The highest BCUT2D eigenvalue weighted by atomic mass is 32.1. The first-order chi connectivity index (χ1) is 8.70. The number of aromatic nitrogens is 3. The minimum atomic E-state index is -4.86. The van der Waals surface area contributed by atoms with Gasteiger partial charge in [0.1, 0.15) is 10.3 Å². The molecule has 0 bridgehead atoms. The van der Waals surface area contributed by atoms with E-state index in [-0.39, 0.29) is 22.1 Å². The number of fused-ring (bicyclic) bond motifs is 1. The van der Waals surface area contributed by atoms with Gasteiger partial charge in [-0.25, -0.2) is 9.97 Å². The monoisotopic (exact) mass is 291 g/mol. The zero-order chi connectivity index (χ0) is 14.4. The Bertz CT molecular complexity index is 648. The minimum Gasteiger partial charge on any atom is -0.331 e. The van der Waals surface area contributed by atoms with Crippen LogP contribution in [0.25, 0.3) is 11.5 Å². The first-order valence-corrected chi connectivity index (χ1v) is 5.78. The quantitative estimate of drug-likeness (QED) is 0.639. The van der Waals surface area contributed by atoms with Crippen molar-refractivity contribution in [3.8, 4) is 11.5 Å². The minimum absolute atomic E-state index is 0.0165. The second-order valence-corrected chi connectivity index (χ2v) is 4.69. The molecule has 0 spiro atoms. The maximum Gasteiger partial charge on any atom is 0.435 e. The number of alkyl halides is 3. The maximum atomic E-state index is 13.3. The molecule has 2 aliphatic heterocycles. The lowest BCUT2D eigenvalue weighted by Gasteiger charge is -2.13. The lowest BCUT2D eigenvalue weighted by Crippen LogP contribution is -2.15. The fourth-order valence-corrected chi connectivity index (χ4v) is 2.00. The summed E-state index contributed by atoms with van der Waals surface area (Å²) in [5, 5.41) is 0. The third-order valence-electron chi connectivity index (χ3n) is 2.57. The van der Waals surface area contributed by atoms with E-state index in [1.165, 1.54) is 6.07 Å². The third kappa shape index (κ3) is 2.58. The van der Waals surface area contributed by atoms with E-state index in [2.05, 4.69) is 9.97 Å². The number of nitrogens with zero attached hydrogens (tertiary/aromatic N) is 2. The molecule has 0 aromatic rings. The Morgan fingerprint density at radius 1 is 1.26 bits per heavy atom. The number of pyridine rings is 1. The largest absolute Gasteiger partial charge is 0.435 e. The zero-order valence-electron chi connectivity index (χ0n) is 9.97. The molecule has 2 rings (SSSR count). The number of aromatic amines is 1. The van der Waals surface area contributed by atoms with Crippen molar-refractivity contribution in [1.29, 1.82) is 0 Å². The van der Waals surface area contributed by atoms with Crippen LogP contribution in [0, 0.1) is 10.6 Å². The van der Waals surface area contributed by atoms with Crippen LogP contribution in [0.15, 0.2) is 6.07 Å². The van der Waals surface area contributed by atoms with Gasteiger partial charge in [0.2, 0.25) is 5.95 Å². The summed E-state index contributed by atoms with van der Waals surface area (Å²) < 4.78 is 51.1. The molecule has 8 heteroatoms. The Balaban J connectivity index is 2.74. The van der Waals surface area contributed by atoms with Gasteiger partial charge in [-0.3, -0.25) is 0 Å². The summed E-state index contributed by atoms with van der Waals surface area (Å²) in [6.07, 6.45) is -4.86. The second kappa shape index (κ2) is 4.52. The van der Waals surface area contributed by atoms with Gasteiger partial charge in [-0.1, -0.05) is 26.1 Å². The maximum absolute atomic E-state index is 13.3. The van der Waals surface area contributed by atoms with E-state index in [1.54, 1.807) is 0 Å². The van der Waals surface area contributed by atoms with Crippen molar-refractivity contribution in [3.05, 3.63) is 27.9 Å². The van der Waals surface area contributed by atoms with Crippen LogP contribution in [0.5, 0.6) is 0 Å². The average molecular weight is 291 g/mol. The highest BCUT2D eigenvalue weighted by molar-refractivity contribution is 7.71. The molecule has 102 valence electrons. The van der Waals surface area contributed by atoms with E-state index < -0.39 is 17.8 Å². The Morgan fingerprint density at radius 3 is 2.42 bits per heavy atom. The van der Waals surface area contributed by atoms with Gasteiger partial charge in [0.25, 0.3) is 0 Å². The van der Waals surface area contributed by atoms with Gasteiger partial charge in [0.05, 0.1) is 0 Å². The van der Waals surface area contributed by atoms with Crippen LogP contribution < -0.4 is 0 Å². The summed E-state index contributed by atoms with van der Waals surface area (Å²) in [4.78, 5) is 9.04. The summed E-state index contributed by atoms with van der Waals surface area (Å²) in [7, 11) is 0. The zero-order valence-corrected chi connectivity index (χ0v) is 10.8. The lowest BCUT2D eigenvalue weighted by atomic mass is 10.0. The SMILES string of the molecule is CC(C)c1cc2nc(F)c(C(F)(F)F)[nH]c-2nc1=S. The molecule has 2 aliphatic rings. The molecular weight excluding hydrogens is 282 g/mol. The molecule has 1 N–H and O–H groups in total. The van der Waals surface area contributed by atoms with Crippen molar-refractivity contribution in [2.45, 2.75) is 25.9 Å². The molecule has 0 radical (unpaired) electrons. The normalized spacial score (nSPS) is 12.4. The van der Waals surface area contributed by atoms with E-state index in [0.29, 0.717) is 5.56 Å². The van der Waals surface area contributed by atoms with E-state index in [9.17, 15) is 17.6 Å². The van der Waals surface area contributed by atoms with Crippen LogP contribution in [0.3, 0.4) is 0 Å². The molecular formula is C11H9F4N3S. The van der Waals surface area contributed by atoms with Gasteiger partial charge in [-0.2, -0.15) is 17.6 Å². The molecule has 3 nitrogen and oxygen atoms in total. The van der Waals surface area contributed by atoms with E-state index in [4.69, 9.17) is 12.2 Å². The first kappa shape index (κ1) is 13.9. The number of hydrogen-bond acceptors (Lipinski definition) is 3. The number of rotatable bonds is 1. The summed E-state index contributed by atoms with van der Waals surface area (Å²) >= 11 is 4.99. The van der Waals surface area contributed by atoms with Crippen molar-refractivity contribution >= 4 is 12.2 Å². The Labute approximate surface area is 111 Å². The predicted molar refractivity (Wildman–Crippen MR) is 62.9 cm³/mol. The molecule has 0 atom stereocenters. The van der Waals surface area contributed by atoms with Gasteiger partial charge in [0, 0.05) is 0 Å². The average Bonchev–Trinajstić information content (AvgIpc) is 2.26. The highest BCUT2D eigenvalue weighted by Crippen LogP contribution is 2.32. The first-order valence-electron chi connectivity index (χ1n) is 5.38. The van der Waals surface area contributed by atoms with E-state index in [0.717, 1.165) is 0 Å². The molecule has 0 aliphatic carbocycles. The third-order valence-corrected chi connectivity index (χ3v) is 2.90. The number of halogens is 4. The Kier molecular flexibility index (Phi) is 3.29. The van der Waals surface area contributed by atoms with Crippen molar-refractivity contribution in [2.24, 2.45) is 0 Å². The molecule has 0 aromatic heterocycles. The molecule has 0 unspecified atom stereocenters. The van der Waals surface area contributed by atoms with Gasteiger partial charge >= 0.3 is 6.18 Å². The topological polar surface area (TPSA) is 41.6 Å². The van der Waals surface area contributed by atoms with Gasteiger partial charge in [0.15, 0.2) is 11.5 Å². The molecule has 2 heterocycles. The smallest absolute Gasteiger partial charge is 0.331 e. The fraction of sp³-hybridized carbons (Fsp3) is 0.364. The Morgan fingerprint density at radius 2 is 1.89 bits per heavy atom. The van der Waals surface area contributed by atoms with Crippen LogP contribution in [0.2, 0.25) is 0 Å². The van der Waals surface area contributed by atoms with Crippen LogP contribution in [-0.4, -0.2) is 15.0 Å². The Hall–Kier alpha value is -1.57. The molecule has 0 saturated heterocycles. The van der Waals surface area contributed by atoms with Crippen LogP contribution in [0.1, 0.15) is 31.0 Å². The van der Waals surface area contributed by atoms with Crippen molar-refractivity contribution in [1.82, 2.24) is 15.0 Å². The fourth-order valence-electron chi connectivity index (χ4n) is 1.61. The van der Waals surface area contributed by atoms with Crippen LogP contribution >= 0.6 is 12.2 Å².